The Morgan fingerprint density at radius 1 is 0.810 bits per heavy atom. The Morgan fingerprint density at radius 2 is 1.45 bits per heavy atom. The second kappa shape index (κ2) is 17.8. The van der Waals surface area contributed by atoms with Crippen LogP contribution < -0.4 is 9.47 Å². The molecule has 0 heterocycles. The molecule has 5 nitrogen and oxygen atoms in total. The lowest BCUT2D eigenvalue weighted by Crippen LogP contribution is -2.28. The fourth-order valence-electron chi connectivity index (χ4n) is 5.27. The molecule has 0 aliphatic heterocycles. The van der Waals surface area contributed by atoms with Crippen LogP contribution in [0, 0.1) is 11.6 Å². The first-order valence-corrected chi connectivity index (χ1v) is 15.6. The number of benzene rings is 2. The molecule has 8 heteroatoms. The van der Waals surface area contributed by atoms with Crippen molar-refractivity contribution in [1.29, 1.82) is 0 Å². The Morgan fingerprint density at radius 3 is 2.12 bits per heavy atom. The molecular formula is C34H45F3O5. The highest BCUT2D eigenvalue weighted by Crippen LogP contribution is 2.35. The summed E-state index contributed by atoms with van der Waals surface area (Å²) in [6.07, 6.45) is 10.3. The van der Waals surface area contributed by atoms with Crippen molar-refractivity contribution in [3.8, 4) is 11.5 Å². The Balaban J connectivity index is 1.44. The van der Waals surface area contributed by atoms with Gasteiger partial charge in [0.1, 0.15) is 11.9 Å². The number of carbonyl (C=O) groups excluding carboxylic acids is 2. The molecule has 0 unspecified atom stereocenters. The van der Waals surface area contributed by atoms with Gasteiger partial charge >= 0.3 is 11.9 Å². The molecule has 2 aromatic carbocycles. The highest BCUT2D eigenvalue weighted by atomic mass is 19.2. The van der Waals surface area contributed by atoms with Gasteiger partial charge in [-0.05, 0) is 74.3 Å². The van der Waals surface area contributed by atoms with Crippen molar-refractivity contribution in [3.05, 3.63) is 59.2 Å². The molecule has 0 radical (unpaired) electrons. The number of esters is 2. The van der Waals surface area contributed by atoms with Crippen molar-refractivity contribution in [2.75, 3.05) is 6.61 Å². The van der Waals surface area contributed by atoms with Gasteiger partial charge in [-0.25, -0.2) is 18.4 Å². The molecule has 232 valence electrons. The first-order chi connectivity index (χ1) is 20.3. The molecule has 1 atom stereocenters. The smallest absolute Gasteiger partial charge is 0.346 e. The van der Waals surface area contributed by atoms with Crippen molar-refractivity contribution >= 4 is 11.9 Å². The molecule has 0 amide bonds. The second-order valence-corrected chi connectivity index (χ2v) is 11.2. The van der Waals surface area contributed by atoms with Crippen LogP contribution in [0.4, 0.5) is 13.2 Å². The van der Waals surface area contributed by atoms with Gasteiger partial charge in [0.05, 0.1) is 12.2 Å². The minimum atomic E-state index is -1.56. The molecule has 42 heavy (non-hydrogen) atoms. The summed E-state index contributed by atoms with van der Waals surface area (Å²) in [6.45, 7) is 4.40. The summed E-state index contributed by atoms with van der Waals surface area (Å²) in [5.74, 6) is -4.03. The quantitative estimate of drug-likeness (QED) is 0.104. The maximum absolute atomic E-state index is 14.7. The van der Waals surface area contributed by atoms with Crippen LogP contribution in [0.15, 0.2) is 36.4 Å². The van der Waals surface area contributed by atoms with E-state index in [2.05, 4.69) is 6.92 Å². The van der Waals surface area contributed by atoms with E-state index in [0.717, 1.165) is 50.5 Å². The molecule has 1 fully saturated rings. The first kappa shape index (κ1) is 33.5. The van der Waals surface area contributed by atoms with E-state index in [-0.39, 0.29) is 36.5 Å². The molecule has 0 aromatic heterocycles. The Kier molecular flexibility index (Phi) is 14.2. The molecule has 2 aromatic rings. The molecule has 1 aliphatic rings. The summed E-state index contributed by atoms with van der Waals surface area (Å²) in [7, 11) is 0. The summed E-state index contributed by atoms with van der Waals surface area (Å²) in [6, 6.07) is 9.34. The van der Waals surface area contributed by atoms with Crippen LogP contribution >= 0.6 is 0 Å². The Hall–Kier alpha value is -3.03. The molecule has 1 saturated carbocycles. The normalized spacial score (nSPS) is 17.5. The van der Waals surface area contributed by atoms with Crippen LogP contribution in [0.3, 0.4) is 0 Å². The van der Waals surface area contributed by atoms with Crippen LogP contribution in [-0.2, 0) is 9.53 Å². The largest absolute Gasteiger partial charge is 0.490 e. The predicted molar refractivity (Wildman–Crippen MR) is 157 cm³/mol. The van der Waals surface area contributed by atoms with Gasteiger partial charge in [0.15, 0.2) is 17.7 Å². The zero-order valence-corrected chi connectivity index (χ0v) is 25.0. The van der Waals surface area contributed by atoms with Gasteiger partial charge in [0.2, 0.25) is 5.82 Å². The van der Waals surface area contributed by atoms with Crippen LogP contribution in [0.25, 0.3) is 0 Å². The van der Waals surface area contributed by atoms with Crippen molar-refractivity contribution in [3.63, 3.8) is 0 Å². The lowest BCUT2D eigenvalue weighted by molar-refractivity contribution is -0.157. The number of alkyl halides is 1. The SMILES string of the molecule is CCCCCCCCCOc1ccc(C(=O)Oc2ccc(C3CCC(OC(=O)[C@H](F)CCCC)CC3)cc2)c(F)c1F. The Bertz CT molecular complexity index is 1110. The van der Waals surface area contributed by atoms with E-state index in [1.807, 2.05) is 19.1 Å². The van der Waals surface area contributed by atoms with Gasteiger partial charge in [0, 0.05) is 0 Å². The van der Waals surface area contributed by atoms with Crippen molar-refractivity contribution in [2.45, 2.75) is 122 Å². The highest BCUT2D eigenvalue weighted by molar-refractivity contribution is 5.91. The molecule has 0 saturated heterocycles. The van der Waals surface area contributed by atoms with Gasteiger partial charge in [-0.15, -0.1) is 0 Å². The van der Waals surface area contributed by atoms with Crippen molar-refractivity contribution in [2.24, 2.45) is 0 Å². The van der Waals surface area contributed by atoms with Crippen molar-refractivity contribution in [1.82, 2.24) is 0 Å². The standard InChI is InChI=1S/C34H45F3O5/c1-3-5-7-8-9-10-11-23-40-30-22-21-28(31(36)32(30)37)33(38)41-26-17-13-24(14-18-26)25-15-19-27(20-16-25)42-34(39)29(35)12-6-4-2/h13-14,17-18,21-22,25,27,29H,3-12,15-16,19-20,23H2,1-2H3/t25?,27?,29-/m1/s1. The minimum absolute atomic E-state index is 0.197. The number of unbranched alkanes of at least 4 members (excludes halogenated alkanes) is 7. The zero-order valence-electron chi connectivity index (χ0n) is 25.0. The summed E-state index contributed by atoms with van der Waals surface area (Å²) < 4.78 is 59.3. The number of ether oxygens (including phenoxy) is 3. The van der Waals surface area contributed by atoms with Gasteiger partial charge in [-0.1, -0.05) is 77.3 Å². The average Bonchev–Trinajstić information content (AvgIpc) is 3.00. The topological polar surface area (TPSA) is 61.8 Å². The monoisotopic (exact) mass is 590 g/mol. The van der Waals surface area contributed by atoms with E-state index in [9.17, 15) is 22.8 Å². The predicted octanol–water partition coefficient (Wildman–Crippen LogP) is 9.41. The van der Waals surface area contributed by atoms with Crippen LogP contribution in [0.5, 0.6) is 11.5 Å². The molecule has 0 bridgehead atoms. The third-order valence-corrected chi connectivity index (χ3v) is 7.86. The summed E-state index contributed by atoms with van der Waals surface area (Å²) >= 11 is 0. The maximum Gasteiger partial charge on any atom is 0.346 e. The fraction of sp³-hybridized carbons (Fsp3) is 0.588. The third kappa shape index (κ3) is 10.4. The Labute approximate surface area is 248 Å². The van der Waals surface area contributed by atoms with Gasteiger partial charge < -0.3 is 14.2 Å². The molecule has 1 aliphatic carbocycles. The molecule has 3 rings (SSSR count). The van der Waals surface area contributed by atoms with Gasteiger partial charge in [0.25, 0.3) is 0 Å². The first-order valence-electron chi connectivity index (χ1n) is 15.6. The van der Waals surface area contributed by atoms with Gasteiger partial charge in [-0.2, -0.15) is 4.39 Å². The average molecular weight is 591 g/mol. The third-order valence-electron chi connectivity index (χ3n) is 7.86. The summed E-state index contributed by atoms with van der Waals surface area (Å²) in [4.78, 5) is 24.5. The number of halogens is 3. The van der Waals surface area contributed by atoms with Gasteiger partial charge in [-0.3, -0.25) is 0 Å². The number of hydrogen-bond acceptors (Lipinski definition) is 5. The number of hydrogen-bond donors (Lipinski definition) is 0. The number of rotatable bonds is 17. The van der Waals surface area contributed by atoms with E-state index in [1.165, 1.54) is 31.4 Å². The molecular weight excluding hydrogens is 545 g/mol. The maximum atomic E-state index is 14.7. The second-order valence-electron chi connectivity index (χ2n) is 11.2. The fourth-order valence-corrected chi connectivity index (χ4v) is 5.27. The zero-order chi connectivity index (χ0) is 30.3. The molecule has 0 N–H and O–H groups in total. The number of carbonyl (C=O) groups is 2. The van der Waals surface area contributed by atoms with Crippen molar-refractivity contribution < 1.29 is 37.0 Å². The highest BCUT2D eigenvalue weighted by Gasteiger charge is 2.28. The van der Waals surface area contributed by atoms with Crippen LogP contribution in [0.2, 0.25) is 0 Å². The van der Waals surface area contributed by atoms with E-state index in [4.69, 9.17) is 14.2 Å². The van der Waals surface area contributed by atoms with E-state index in [1.54, 1.807) is 12.1 Å². The van der Waals surface area contributed by atoms with E-state index >= 15 is 0 Å². The van der Waals surface area contributed by atoms with Crippen LogP contribution in [-0.4, -0.2) is 30.8 Å². The lowest BCUT2D eigenvalue weighted by atomic mass is 9.83. The lowest BCUT2D eigenvalue weighted by Gasteiger charge is -2.29. The van der Waals surface area contributed by atoms with E-state index < -0.39 is 35.3 Å². The summed E-state index contributed by atoms with van der Waals surface area (Å²) in [5, 5.41) is 0. The minimum Gasteiger partial charge on any atom is -0.490 e. The molecule has 0 spiro atoms. The summed E-state index contributed by atoms with van der Waals surface area (Å²) in [5.41, 5.74) is 0.531. The van der Waals surface area contributed by atoms with Crippen LogP contribution in [0.1, 0.15) is 126 Å². The van der Waals surface area contributed by atoms with E-state index in [0.29, 0.717) is 19.3 Å².